The molecule has 19 heavy (non-hydrogen) atoms. The van der Waals surface area contributed by atoms with Gasteiger partial charge in [-0.15, -0.1) is 0 Å². The van der Waals surface area contributed by atoms with Crippen molar-refractivity contribution < 1.29 is 13.7 Å². The van der Waals surface area contributed by atoms with Crippen LogP contribution < -0.4 is 0 Å². The van der Waals surface area contributed by atoms with E-state index in [0.717, 1.165) is 11.1 Å². The SMILES string of the molecule is CB1OC(C)(C)C(C)(c2ccccc2C2CC2F)O1. The Balaban J connectivity index is 2.07. The Morgan fingerprint density at radius 2 is 1.84 bits per heavy atom. The third-order valence-corrected chi connectivity index (χ3v) is 4.60. The van der Waals surface area contributed by atoms with Crippen LogP contribution in [0.4, 0.5) is 4.39 Å². The summed E-state index contributed by atoms with van der Waals surface area (Å²) >= 11 is 0. The van der Waals surface area contributed by atoms with Gasteiger partial charge in [0, 0.05) is 5.92 Å². The number of halogens is 1. The highest BCUT2D eigenvalue weighted by molar-refractivity contribution is 6.43. The van der Waals surface area contributed by atoms with Crippen molar-refractivity contribution in [3.8, 4) is 0 Å². The molecule has 1 saturated carbocycles. The maximum atomic E-state index is 13.5. The van der Waals surface area contributed by atoms with E-state index in [-0.39, 0.29) is 13.0 Å². The second-order valence-corrected chi connectivity index (χ2v) is 6.29. The number of hydrogen-bond donors (Lipinski definition) is 0. The lowest BCUT2D eigenvalue weighted by molar-refractivity contribution is -0.0140. The molecule has 0 N–H and O–H groups in total. The Morgan fingerprint density at radius 1 is 1.21 bits per heavy atom. The fourth-order valence-corrected chi connectivity index (χ4v) is 3.15. The fourth-order valence-electron chi connectivity index (χ4n) is 3.15. The van der Waals surface area contributed by atoms with Crippen molar-refractivity contribution in [1.29, 1.82) is 0 Å². The van der Waals surface area contributed by atoms with Gasteiger partial charge in [0.05, 0.1) is 5.60 Å². The summed E-state index contributed by atoms with van der Waals surface area (Å²) < 4.78 is 25.4. The zero-order chi connectivity index (χ0) is 13.8. The van der Waals surface area contributed by atoms with Gasteiger partial charge in [-0.2, -0.15) is 0 Å². The van der Waals surface area contributed by atoms with E-state index in [0.29, 0.717) is 6.42 Å². The molecule has 3 unspecified atom stereocenters. The Hall–Kier alpha value is -0.865. The third-order valence-electron chi connectivity index (χ3n) is 4.60. The van der Waals surface area contributed by atoms with Crippen LogP contribution in [-0.2, 0) is 14.9 Å². The van der Waals surface area contributed by atoms with Gasteiger partial charge in [0.15, 0.2) is 0 Å². The van der Waals surface area contributed by atoms with Crippen LogP contribution in [-0.4, -0.2) is 18.9 Å². The van der Waals surface area contributed by atoms with E-state index in [1.165, 1.54) is 0 Å². The molecule has 3 atom stereocenters. The maximum Gasteiger partial charge on any atom is 0.454 e. The van der Waals surface area contributed by atoms with Crippen LogP contribution in [0.2, 0.25) is 6.82 Å². The normalized spacial score (nSPS) is 36.6. The molecule has 2 fully saturated rings. The average molecular weight is 262 g/mol. The van der Waals surface area contributed by atoms with Gasteiger partial charge in [-0.05, 0) is 45.1 Å². The number of hydrogen-bond acceptors (Lipinski definition) is 2. The molecular weight excluding hydrogens is 242 g/mol. The van der Waals surface area contributed by atoms with E-state index in [4.69, 9.17) is 9.31 Å². The largest absolute Gasteiger partial charge is 0.454 e. The van der Waals surface area contributed by atoms with E-state index in [9.17, 15) is 4.39 Å². The van der Waals surface area contributed by atoms with Gasteiger partial charge in [-0.1, -0.05) is 24.3 Å². The quantitative estimate of drug-likeness (QED) is 0.757. The summed E-state index contributed by atoms with van der Waals surface area (Å²) in [6.07, 6.45) is -0.0724. The fraction of sp³-hybridized carbons (Fsp3) is 0.600. The summed E-state index contributed by atoms with van der Waals surface area (Å²) in [5.41, 5.74) is 1.17. The van der Waals surface area contributed by atoms with Crippen molar-refractivity contribution in [3.63, 3.8) is 0 Å². The smallest absolute Gasteiger partial charge is 0.403 e. The van der Waals surface area contributed by atoms with E-state index in [1.807, 2.05) is 51.9 Å². The molecule has 1 aromatic rings. The average Bonchev–Trinajstić information content (AvgIpc) is 2.99. The molecule has 0 radical (unpaired) electrons. The minimum atomic E-state index is -0.701. The van der Waals surface area contributed by atoms with Crippen LogP contribution in [0.5, 0.6) is 0 Å². The lowest BCUT2D eigenvalue weighted by atomic mass is 9.78. The second kappa shape index (κ2) is 4.06. The van der Waals surface area contributed by atoms with Crippen molar-refractivity contribution in [2.75, 3.05) is 0 Å². The van der Waals surface area contributed by atoms with Crippen molar-refractivity contribution in [2.24, 2.45) is 0 Å². The molecule has 3 rings (SSSR count). The first-order valence-electron chi connectivity index (χ1n) is 6.94. The molecule has 0 spiro atoms. The second-order valence-electron chi connectivity index (χ2n) is 6.29. The standard InChI is InChI=1S/C15H20BFO2/c1-14(2)15(3,19-16(4)18-14)12-8-6-5-7-10(12)11-9-13(11)17/h5-8,11,13H,9H2,1-4H3. The van der Waals surface area contributed by atoms with Crippen molar-refractivity contribution >= 4 is 7.12 Å². The first kappa shape index (κ1) is 13.1. The van der Waals surface area contributed by atoms with Gasteiger partial charge < -0.3 is 9.31 Å². The molecule has 0 amide bonds. The zero-order valence-electron chi connectivity index (χ0n) is 11.9. The Labute approximate surface area is 114 Å². The van der Waals surface area contributed by atoms with Crippen molar-refractivity contribution in [1.82, 2.24) is 0 Å². The zero-order valence-corrected chi connectivity index (χ0v) is 11.9. The highest BCUT2D eigenvalue weighted by atomic mass is 19.1. The lowest BCUT2D eigenvalue weighted by Gasteiger charge is -2.38. The molecule has 1 heterocycles. The summed E-state index contributed by atoms with van der Waals surface area (Å²) in [4.78, 5) is 0. The third kappa shape index (κ3) is 1.93. The minimum Gasteiger partial charge on any atom is -0.403 e. The van der Waals surface area contributed by atoms with Gasteiger partial charge in [-0.3, -0.25) is 0 Å². The van der Waals surface area contributed by atoms with Crippen LogP contribution in [0.15, 0.2) is 24.3 Å². The molecule has 1 aromatic carbocycles. The van der Waals surface area contributed by atoms with E-state index in [1.54, 1.807) is 0 Å². The predicted molar refractivity (Wildman–Crippen MR) is 73.9 cm³/mol. The molecule has 4 heteroatoms. The van der Waals surface area contributed by atoms with Crippen LogP contribution in [0.3, 0.4) is 0 Å². The monoisotopic (exact) mass is 262 g/mol. The summed E-state index contributed by atoms with van der Waals surface area (Å²) in [7, 11) is -0.242. The van der Waals surface area contributed by atoms with E-state index < -0.39 is 17.4 Å². The van der Waals surface area contributed by atoms with Crippen molar-refractivity contribution in [3.05, 3.63) is 35.4 Å². The molecule has 2 aliphatic rings. The number of alkyl halides is 1. The summed E-state index contributed by atoms with van der Waals surface area (Å²) in [6, 6.07) is 8.03. The Bertz CT molecular complexity index is 505. The molecule has 0 bridgehead atoms. The molecule has 2 nitrogen and oxygen atoms in total. The van der Waals surface area contributed by atoms with Gasteiger partial charge in [0.25, 0.3) is 0 Å². The van der Waals surface area contributed by atoms with Crippen LogP contribution in [0.1, 0.15) is 44.2 Å². The highest BCUT2D eigenvalue weighted by Crippen LogP contribution is 2.51. The van der Waals surface area contributed by atoms with Gasteiger partial charge in [0.2, 0.25) is 0 Å². The predicted octanol–water partition coefficient (Wildman–Crippen LogP) is 3.67. The first-order valence-corrected chi connectivity index (χ1v) is 6.94. The van der Waals surface area contributed by atoms with E-state index in [2.05, 4.69) is 0 Å². The first-order chi connectivity index (χ1) is 8.85. The summed E-state index contributed by atoms with van der Waals surface area (Å²) in [5, 5.41) is 0. The van der Waals surface area contributed by atoms with Gasteiger partial charge >= 0.3 is 7.12 Å². The molecule has 0 aromatic heterocycles. The van der Waals surface area contributed by atoms with Crippen LogP contribution >= 0.6 is 0 Å². The van der Waals surface area contributed by atoms with E-state index >= 15 is 0 Å². The number of benzene rings is 1. The van der Waals surface area contributed by atoms with Gasteiger partial charge in [0.1, 0.15) is 11.8 Å². The molecular formula is C15H20BFO2. The maximum absolute atomic E-state index is 13.5. The Morgan fingerprint density at radius 3 is 2.37 bits per heavy atom. The molecule has 1 aliphatic heterocycles. The van der Waals surface area contributed by atoms with Crippen LogP contribution in [0, 0.1) is 0 Å². The van der Waals surface area contributed by atoms with Crippen LogP contribution in [0.25, 0.3) is 0 Å². The topological polar surface area (TPSA) is 18.5 Å². The Kier molecular flexibility index (Phi) is 2.81. The highest BCUT2D eigenvalue weighted by Gasteiger charge is 2.55. The van der Waals surface area contributed by atoms with Crippen molar-refractivity contribution in [2.45, 2.75) is 57.3 Å². The molecule has 1 saturated heterocycles. The molecule has 102 valence electrons. The number of rotatable bonds is 2. The summed E-state index contributed by atoms with van der Waals surface area (Å²) in [6.45, 7) is 8.02. The van der Waals surface area contributed by atoms with Gasteiger partial charge in [-0.25, -0.2) is 4.39 Å². The minimum absolute atomic E-state index is 0.0309. The summed E-state index contributed by atoms with van der Waals surface area (Å²) in [5.74, 6) is 0.0309. The molecule has 1 aliphatic carbocycles. The lowest BCUT2D eigenvalue weighted by Crippen LogP contribution is -2.42.